The number of nitrogens with one attached hydrogen (secondary N) is 2. The highest BCUT2D eigenvalue weighted by molar-refractivity contribution is 6.02. The fourth-order valence-corrected chi connectivity index (χ4v) is 2.63. The van der Waals surface area contributed by atoms with Crippen molar-refractivity contribution in [3.63, 3.8) is 0 Å². The number of benzene rings is 3. The van der Waals surface area contributed by atoms with Crippen molar-refractivity contribution >= 4 is 34.5 Å². The van der Waals surface area contributed by atoms with Crippen molar-refractivity contribution in [2.45, 2.75) is 12.8 Å². The Kier molecular flexibility index (Phi) is 5.96. The van der Waals surface area contributed by atoms with Gasteiger partial charge in [0.1, 0.15) is 11.6 Å². The van der Waals surface area contributed by atoms with Gasteiger partial charge in [0.2, 0.25) is 11.8 Å². The number of carbonyl (C=O) groups is 2. The molecule has 3 aromatic carbocycles. The molecular formula is C21H18FN3O3. The van der Waals surface area contributed by atoms with Crippen molar-refractivity contribution < 1.29 is 19.1 Å². The summed E-state index contributed by atoms with van der Waals surface area (Å²) < 4.78 is 12.8. The van der Waals surface area contributed by atoms with Crippen LogP contribution in [-0.4, -0.2) is 23.1 Å². The lowest BCUT2D eigenvalue weighted by Crippen LogP contribution is -2.20. The van der Waals surface area contributed by atoms with Crippen LogP contribution in [0.15, 0.2) is 65.8 Å². The van der Waals surface area contributed by atoms with Crippen molar-refractivity contribution in [1.82, 2.24) is 5.43 Å². The molecule has 0 aliphatic heterocycles. The first-order valence-corrected chi connectivity index (χ1v) is 8.61. The molecule has 3 rings (SSSR count). The van der Waals surface area contributed by atoms with Gasteiger partial charge >= 0.3 is 0 Å². The molecule has 0 unspecified atom stereocenters. The predicted octanol–water partition coefficient (Wildman–Crippen LogP) is 3.55. The Morgan fingerprint density at radius 2 is 1.68 bits per heavy atom. The van der Waals surface area contributed by atoms with E-state index in [1.807, 2.05) is 24.3 Å². The van der Waals surface area contributed by atoms with Crippen molar-refractivity contribution in [3.8, 4) is 5.75 Å². The SMILES string of the molecule is O=C(CCC(=O)Nc1ccc(F)cc1)N/N=C\c1c(O)ccc2ccccc12. The Bertz CT molecular complexity index is 1030. The van der Waals surface area contributed by atoms with Crippen molar-refractivity contribution in [3.05, 3.63) is 72.0 Å². The number of hydrogen-bond donors (Lipinski definition) is 3. The Morgan fingerprint density at radius 3 is 2.46 bits per heavy atom. The second-order valence-electron chi connectivity index (χ2n) is 6.07. The molecular weight excluding hydrogens is 361 g/mol. The topological polar surface area (TPSA) is 90.8 Å². The zero-order chi connectivity index (χ0) is 19.9. The summed E-state index contributed by atoms with van der Waals surface area (Å²) in [5.41, 5.74) is 3.29. The van der Waals surface area contributed by atoms with Crippen LogP contribution < -0.4 is 10.7 Å². The van der Waals surface area contributed by atoms with Gasteiger partial charge in [0.05, 0.1) is 6.21 Å². The van der Waals surface area contributed by atoms with Gasteiger partial charge in [-0.3, -0.25) is 9.59 Å². The maximum atomic E-state index is 12.8. The fraction of sp³-hybridized carbons (Fsp3) is 0.0952. The van der Waals surface area contributed by atoms with Crippen molar-refractivity contribution in [1.29, 1.82) is 0 Å². The lowest BCUT2D eigenvalue weighted by molar-refractivity contribution is -0.124. The van der Waals surface area contributed by atoms with E-state index in [-0.39, 0.29) is 24.5 Å². The lowest BCUT2D eigenvalue weighted by Gasteiger charge is -2.05. The highest BCUT2D eigenvalue weighted by Gasteiger charge is 2.08. The van der Waals surface area contributed by atoms with E-state index in [4.69, 9.17) is 0 Å². The summed E-state index contributed by atoms with van der Waals surface area (Å²) in [5, 5.41) is 18.2. The van der Waals surface area contributed by atoms with Crippen LogP contribution in [0.3, 0.4) is 0 Å². The molecule has 0 radical (unpaired) electrons. The molecule has 0 heterocycles. The van der Waals surface area contributed by atoms with Gasteiger partial charge in [-0.25, -0.2) is 9.82 Å². The molecule has 0 aliphatic carbocycles. The molecule has 0 aromatic heterocycles. The van der Waals surface area contributed by atoms with Gasteiger partial charge in [0.25, 0.3) is 0 Å². The third-order valence-corrected chi connectivity index (χ3v) is 4.04. The summed E-state index contributed by atoms with van der Waals surface area (Å²) in [6, 6.07) is 16.2. The number of rotatable bonds is 6. The average Bonchev–Trinajstić information content (AvgIpc) is 2.70. The smallest absolute Gasteiger partial charge is 0.240 e. The third-order valence-electron chi connectivity index (χ3n) is 4.04. The number of carbonyl (C=O) groups excluding carboxylic acids is 2. The molecule has 142 valence electrons. The van der Waals surface area contributed by atoms with E-state index in [1.165, 1.54) is 30.5 Å². The Balaban J connectivity index is 1.52. The van der Waals surface area contributed by atoms with E-state index in [1.54, 1.807) is 12.1 Å². The molecule has 0 fully saturated rings. The van der Waals surface area contributed by atoms with Gasteiger partial charge < -0.3 is 10.4 Å². The number of halogens is 1. The zero-order valence-electron chi connectivity index (χ0n) is 14.9. The standard InChI is InChI=1S/C21H18FN3O3/c22-15-6-8-16(9-7-15)24-20(27)11-12-21(28)25-23-13-18-17-4-2-1-3-14(17)5-10-19(18)26/h1-10,13,26H,11-12H2,(H,24,27)(H,25,28)/b23-13-. The van der Waals surface area contributed by atoms with Crippen LogP contribution >= 0.6 is 0 Å². The predicted molar refractivity (Wildman–Crippen MR) is 106 cm³/mol. The van der Waals surface area contributed by atoms with E-state index in [9.17, 15) is 19.1 Å². The van der Waals surface area contributed by atoms with Gasteiger partial charge in [0.15, 0.2) is 0 Å². The maximum Gasteiger partial charge on any atom is 0.240 e. The number of anilines is 1. The molecule has 6 nitrogen and oxygen atoms in total. The lowest BCUT2D eigenvalue weighted by atomic mass is 10.0. The molecule has 28 heavy (non-hydrogen) atoms. The normalized spacial score (nSPS) is 10.9. The number of amides is 2. The van der Waals surface area contributed by atoms with E-state index in [0.29, 0.717) is 11.3 Å². The second-order valence-corrected chi connectivity index (χ2v) is 6.07. The number of nitrogens with zero attached hydrogens (tertiary/aromatic N) is 1. The highest BCUT2D eigenvalue weighted by Crippen LogP contribution is 2.25. The molecule has 3 N–H and O–H groups in total. The van der Waals surface area contributed by atoms with E-state index in [0.717, 1.165) is 10.8 Å². The minimum Gasteiger partial charge on any atom is -0.507 e. The van der Waals surface area contributed by atoms with Crippen LogP contribution in [0.2, 0.25) is 0 Å². The second kappa shape index (κ2) is 8.77. The van der Waals surface area contributed by atoms with Crippen LogP contribution in [0.5, 0.6) is 5.75 Å². The molecule has 0 saturated carbocycles. The number of hydrazone groups is 1. The number of phenolic OH excluding ortho intramolecular Hbond substituents is 1. The first-order valence-electron chi connectivity index (χ1n) is 8.61. The molecule has 0 saturated heterocycles. The third kappa shape index (κ3) is 4.91. The van der Waals surface area contributed by atoms with Gasteiger partial charge in [0, 0.05) is 24.1 Å². The number of phenols is 1. The van der Waals surface area contributed by atoms with Crippen molar-refractivity contribution in [2.24, 2.45) is 5.10 Å². The Morgan fingerprint density at radius 1 is 0.964 bits per heavy atom. The summed E-state index contributed by atoms with van der Waals surface area (Å²) in [4.78, 5) is 23.7. The summed E-state index contributed by atoms with van der Waals surface area (Å²) in [7, 11) is 0. The number of aromatic hydroxyl groups is 1. The van der Waals surface area contributed by atoms with Crippen molar-refractivity contribution in [2.75, 3.05) is 5.32 Å². The molecule has 2 amide bonds. The number of hydrogen-bond acceptors (Lipinski definition) is 4. The van der Waals surface area contributed by atoms with Gasteiger partial charge in [-0.05, 0) is 41.1 Å². The van der Waals surface area contributed by atoms with Crippen LogP contribution in [-0.2, 0) is 9.59 Å². The summed E-state index contributed by atoms with van der Waals surface area (Å²) in [5.74, 6) is -1.15. The average molecular weight is 379 g/mol. The zero-order valence-corrected chi connectivity index (χ0v) is 14.9. The monoisotopic (exact) mass is 379 g/mol. The fourth-order valence-electron chi connectivity index (χ4n) is 2.63. The van der Waals surface area contributed by atoms with Crippen LogP contribution in [0.1, 0.15) is 18.4 Å². The minimum atomic E-state index is -0.440. The molecule has 0 atom stereocenters. The van der Waals surface area contributed by atoms with Crippen LogP contribution in [0, 0.1) is 5.82 Å². The largest absolute Gasteiger partial charge is 0.507 e. The van der Waals surface area contributed by atoms with Gasteiger partial charge in [-0.1, -0.05) is 30.3 Å². The Hall–Kier alpha value is -3.74. The quantitative estimate of drug-likeness (QED) is 0.452. The molecule has 0 aliphatic rings. The van der Waals surface area contributed by atoms with Crippen LogP contribution in [0.4, 0.5) is 10.1 Å². The van der Waals surface area contributed by atoms with Gasteiger partial charge in [-0.15, -0.1) is 0 Å². The van der Waals surface area contributed by atoms with E-state index >= 15 is 0 Å². The molecule has 7 heteroatoms. The summed E-state index contributed by atoms with van der Waals surface area (Å²) in [6.45, 7) is 0. The van der Waals surface area contributed by atoms with Crippen LogP contribution in [0.25, 0.3) is 10.8 Å². The summed E-state index contributed by atoms with van der Waals surface area (Å²) in [6.07, 6.45) is 1.26. The first kappa shape index (κ1) is 19.0. The maximum absolute atomic E-state index is 12.8. The first-order chi connectivity index (χ1) is 13.5. The van der Waals surface area contributed by atoms with E-state index in [2.05, 4.69) is 15.8 Å². The summed E-state index contributed by atoms with van der Waals surface area (Å²) >= 11 is 0. The van der Waals surface area contributed by atoms with Gasteiger partial charge in [-0.2, -0.15) is 5.10 Å². The Labute approximate surface area is 160 Å². The molecule has 3 aromatic rings. The highest BCUT2D eigenvalue weighted by atomic mass is 19.1. The van der Waals surface area contributed by atoms with E-state index < -0.39 is 11.7 Å². The minimum absolute atomic E-state index is 0.0434. The molecule has 0 bridgehead atoms. The number of fused-ring (bicyclic) bond motifs is 1. The molecule has 0 spiro atoms.